The molecular formula is C17H25Cl3N2O2. The third-order valence-electron chi connectivity index (χ3n) is 6.51. The number of nitrogens with one attached hydrogen (secondary N) is 1. The van der Waals surface area contributed by atoms with E-state index in [1.54, 1.807) is 0 Å². The van der Waals surface area contributed by atoms with Gasteiger partial charge in [0.1, 0.15) is 6.17 Å². The first-order chi connectivity index (χ1) is 11.4. The van der Waals surface area contributed by atoms with E-state index in [2.05, 4.69) is 5.32 Å². The van der Waals surface area contributed by atoms with E-state index >= 15 is 0 Å². The van der Waals surface area contributed by atoms with Crippen LogP contribution < -0.4 is 5.32 Å². The number of rotatable bonds is 3. The smallest absolute Gasteiger partial charge is 0.227 e. The van der Waals surface area contributed by atoms with Gasteiger partial charge in [-0.05, 0) is 56.3 Å². The van der Waals surface area contributed by atoms with Crippen LogP contribution in [0.15, 0.2) is 0 Å². The SMILES string of the molecule is O=C(NC(N1CCOCC1)C(Cl)(Cl)Cl)C12CC3CC(CC(C3)C1)C2. The van der Waals surface area contributed by atoms with Gasteiger partial charge < -0.3 is 10.1 Å². The maximum Gasteiger partial charge on any atom is 0.227 e. The summed E-state index contributed by atoms with van der Waals surface area (Å²) in [5, 5.41) is 3.12. The molecule has 4 nitrogen and oxygen atoms in total. The van der Waals surface area contributed by atoms with Crippen molar-refractivity contribution in [2.45, 2.75) is 48.5 Å². The molecule has 0 spiro atoms. The van der Waals surface area contributed by atoms with Crippen LogP contribution in [0.4, 0.5) is 0 Å². The van der Waals surface area contributed by atoms with Gasteiger partial charge in [-0.1, -0.05) is 34.8 Å². The Labute approximate surface area is 158 Å². The Morgan fingerprint density at radius 3 is 2.00 bits per heavy atom. The zero-order valence-corrected chi connectivity index (χ0v) is 16.0. The van der Waals surface area contributed by atoms with Crippen LogP contribution in [0.5, 0.6) is 0 Å². The van der Waals surface area contributed by atoms with Gasteiger partial charge in [-0.25, -0.2) is 0 Å². The number of hydrogen-bond acceptors (Lipinski definition) is 3. The number of ether oxygens (including phenoxy) is 1. The molecule has 5 fully saturated rings. The fourth-order valence-corrected chi connectivity index (χ4v) is 6.46. The molecular weight excluding hydrogens is 371 g/mol. The van der Waals surface area contributed by atoms with E-state index < -0.39 is 9.96 Å². The molecule has 4 aliphatic carbocycles. The number of carbonyl (C=O) groups is 1. The highest BCUT2D eigenvalue weighted by Crippen LogP contribution is 2.60. The Hall–Kier alpha value is 0.260. The minimum atomic E-state index is -1.55. The van der Waals surface area contributed by atoms with Crippen molar-refractivity contribution >= 4 is 40.7 Å². The second-order valence-electron chi connectivity index (χ2n) is 8.26. The summed E-state index contributed by atoms with van der Waals surface area (Å²) in [6.07, 6.45) is 6.38. The molecule has 136 valence electrons. The van der Waals surface area contributed by atoms with Crippen LogP contribution in [0.2, 0.25) is 0 Å². The van der Waals surface area contributed by atoms with Gasteiger partial charge in [0, 0.05) is 13.1 Å². The van der Waals surface area contributed by atoms with E-state index in [0.29, 0.717) is 26.3 Å². The van der Waals surface area contributed by atoms with E-state index in [-0.39, 0.29) is 11.3 Å². The fraction of sp³-hybridized carbons (Fsp3) is 0.941. The van der Waals surface area contributed by atoms with Gasteiger partial charge in [0.25, 0.3) is 0 Å². The van der Waals surface area contributed by atoms with E-state index in [9.17, 15) is 4.79 Å². The summed E-state index contributed by atoms with van der Waals surface area (Å²) in [7, 11) is 0. The number of hydrogen-bond donors (Lipinski definition) is 1. The summed E-state index contributed by atoms with van der Waals surface area (Å²) in [5.41, 5.74) is -0.227. The number of carbonyl (C=O) groups excluding carboxylic acids is 1. The summed E-state index contributed by atoms with van der Waals surface area (Å²) in [5.74, 6) is 2.26. The Kier molecular flexibility index (Phi) is 4.75. The molecule has 4 bridgehead atoms. The Morgan fingerprint density at radius 2 is 1.54 bits per heavy atom. The van der Waals surface area contributed by atoms with Crippen molar-refractivity contribution in [3.8, 4) is 0 Å². The lowest BCUT2D eigenvalue weighted by Gasteiger charge is -2.56. The van der Waals surface area contributed by atoms with Gasteiger partial charge in [-0.3, -0.25) is 9.69 Å². The Bertz CT molecular complexity index is 467. The normalized spacial score (nSPS) is 40.5. The van der Waals surface area contributed by atoms with Crippen molar-refractivity contribution in [1.29, 1.82) is 0 Å². The lowest BCUT2D eigenvalue weighted by atomic mass is 9.49. The second kappa shape index (κ2) is 6.45. The second-order valence-corrected chi connectivity index (χ2v) is 10.6. The number of alkyl halides is 3. The molecule has 1 heterocycles. The van der Waals surface area contributed by atoms with E-state index in [1.165, 1.54) is 19.3 Å². The summed E-state index contributed by atoms with van der Waals surface area (Å²) >= 11 is 18.7. The minimum absolute atomic E-state index is 0.101. The van der Waals surface area contributed by atoms with Gasteiger partial charge in [-0.2, -0.15) is 0 Å². The van der Waals surface area contributed by atoms with Crippen molar-refractivity contribution in [3.63, 3.8) is 0 Å². The molecule has 1 atom stereocenters. The topological polar surface area (TPSA) is 41.6 Å². The van der Waals surface area contributed by atoms with Crippen LogP contribution in [0.3, 0.4) is 0 Å². The fourth-order valence-electron chi connectivity index (χ4n) is 5.88. The largest absolute Gasteiger partial charge is 0.379 e. The first kappa shape index (κ1) is 17.7. The highest BCUT2D eigenvalue weighted by atomic mass is 35.6. The van der Waals surface area contributed by atoms with E-state index in [1.807, 2.05) is 4.90 Å². The highest BCUT2D eigenvalue weighted by molar-refractivity contribution is 6.68. The number of halogens is 3. The molecule has 24 heavy (non-hydrogen) atoms. The molecule has 1 unspecified atom stereocenters. The third-order valence-corrected chi connectivity index (χ3v) is 7.13. The van der Waals surface area contributed by atoms with Crippen LogP contribution >= 0.6 is 34.8 Å². The minimum Gasteiger partial charge on any atom is -0.379 e. The summed E-state index contributed by atoms with van der Waals surface area (Å²) < 4.78 is 3.84. The van der Waals surface area contributed by atoms with Gasteiger partial charge in [0.15, 0.2) is 0 Å². The molecule has 1 saturated heterocycles. The molecule has 5 aliphatic rings. The predicted octanol–water partition coefficient (Wildman–Crippen LogP) is 3.35. The van der Waals surface area contributed by atoms with Crippen molar-refractivity contribution in [2.75, 3.05) is 26.3 Å². The molecule has 0 radical (unpaired) electrons. The first-order valence-electron chi connectivity index (χ1n) is 9.05. The lowest BCUT2D eigenvalue weighted by Crippen LogP contribution is -2.62. The maximum atomic E-state index is 13.3. The summed E-state index contributed by atoms with van der Waals surface area (Å²) in [6, 6.07) is 0. The molecule has 7 heteroatoms. The Morgan fingerprint density at radius 1 is 1.04 bits per heavy atom. The quantitative estimate of drug-likeness (QED) is 0.745. The molecule has 1 aliphatic heterocycles. The van der Waals surface area contributed by atoms with Gasteiger partial charge in [-0.15, -0.1) is 0 Å². The average molecular weight is 396 g/mol. The summed E-state index contributed by atoms with van der Waals surface area (Å²) in [4.78, 5) is 15.3. The molecule has 1 amide bonds. The monoisotopic (exact) mass is 394 g/mol. The predicted molar refractivity (Wildman–Crippen MR) is 95.2 cm³/mol. The van der Waals surface area contributed by atoms with Gasteiger partial charge >= 0.3 is 0 Å². The molecule has 4 saturated carbocycles. The van der Waals surface area contributed by atoms with Crippen molar-refractivity contribution in [3.05, 3.63) is 0 Å². The molecule has 0 aromatic carbocycles. The Balaban J connectivity index is 1.50. The molecule has 0 aromatic heterocycles. The van der Waals surface area contributed by atoms with Crippen LogP contribution in [0.1, 0.15) is 38.5 Å². The standard InChI is InChI=1S/C17H25Cl3N2O2/c18-17(19,20)14(22-1-3-24-4-2-22)21-15(23)16-8-11-5-12(9-16)7-13(6-11)10-16/h11-14H,1-10H2,(H,21,23). The first-order valence-corrected chi connectivity index (χ1v) is 10.2. The third kappa shape index (κ3) is 3.29. The van der Waals surface area contributed by atoms with Gasteiger partial charge in [0.05, 0.1) is 18.6 Å². The number of nitrogens with zero attached hydrogens (tertiary/aromatic N) is 1. The van der Waals surface area contributed by atoms with Crippen LogP contribution in [-0.4, -0.2) is 47.1 Å². The van der Waals surface area contributed by atoms with Gasteiger partial charge in [0.2, 0.25) is 9.70 Å². The number of morpholine rings is 1. The van der Waals surface area contributed by atoms with E-state index in [0.717, 1.165) is 37.0 Å². The van der Waals surface area contributed by atoms with Crippen LogP contribution in [-0.2, 0) is 9.53 Å². The maximum absolute atomic E-state index is 13.3. The van der Waals surface area contributed by atoms with Crippen LogP contribution in [0, 0.1) is 23.2 Å². The number of amides is 1. The highest BCUT2D eigenvalue weighted by Gasteiger charge is 2.55. The summed E-state index contributed by atoms with van der Waals surface area (Å²) in [6.45, 7) is 2.54. The zero-order valence-electron chi connectivity index (χ0n) is 13.8. The average Bonchev–Trinajstić information content (AvgIpc) is 2.50. The van der Waals surface area contributed by atoms with Crippen molar-refractivity contribution < 1.29 is 9.53 Å². The van der Waals surface area contributed by atoms with Crippen LogP contribution in [0.25, 0.3) is 0 Å². The zero-order chi connectivity index (χ0) is 16.9. The molecule has 1 N–H and O–H groups in total. The van der Waals surface area contributed by atoms with E-state index in [4.69, 9.17) is 39.5 Å². The lowest BCUT2D eigenvalue weighted by molar-refractivity contribution is -0.149. The van der Waals surface area contributed by atoms with Crippen molar-refractivity contribution in [2.24, 2.45) is 23.2 Å². The molecule has 5 rings (SSSR count). The molecule has 0 aromatic rings. The van der Waals surface area contributed by atoms with Crippen molar-refractivity contribution in [1.82, 2.24) is 10.2 Å².